The number of benzene rings is 1. The number of aliphatic hydroxyl groups is 1. The summed E-state index contributed by atoms with van der Waals surface area (Å²) in [5.74, 6) is 0.428. The Balaban J connectivity index is 2.61. The third-order valence-corrected chi connectivity index (χ3v) is 5.86. The van der Waals surface area contributed by atoms with E-state index in [-0.39, 0.29) is 5.75 Å². The van der Waals surface area contributed by atoms with Crippen molar-refractivity contribution in [3.63, 3.8) is 0 Å². The predicted molar refractivity (Wildman–Crippen MR) is 83.3 cm³/mol. The van der Waals surface area contributed by atoms with Crippen LogP contribution in [0, 0.1) is 6.57 Å². The number of hydrogen-bond acceptors (Lipinski definition) is 4. The van der Waals surface area contributed by atoms with E-state index in [0.717, 1.165) is 0 Å². The van der Waals surface area contributed by atoms with Gasteiger partial charge in [0.15, 0.2) is 5.69 Å². The smallest absolute Gasteiger partial charge is 0.187 e. The average molecular weight is 324 g/mol. The van der Waals surface area contributed by atoms with Crippen LogP contribution < -0.4 is 4.74 Å². The van der Waals surface area contributed by atoms with Gasteiger partial charge < -0.3 is 14.4 Å². The fourth-order valence-corrected chi connectivity index (χ4v) is 3.58. The fourth-order valence-electron chi connectivity index (χ4n) is 2.59. The minimum atomic E-state index is -3.50. The lowest BCUT2D eigenvalue weighted by molar-refractivity contribution is -0.0771. The van der Waals surface area contributed by atoms with Gasteiger partial charge in [-0.25, -0.2) is 4.85 Å². The first kappa shape index (κ1) is 16.9. The number of aliphatic hydroxyl groups excluding tert-OH is 1. The second kappa shape index (κ2) is 5.63. The van der Waals surface area contributed by atoms with Crippen LogP contribution in [0.1, 0.15) is 32.4 Å². The van der Waals surface area contributed by atoms with Crippen LogP contribution in [0.3, 0.4) is 0 Å². The van der Waals surface area contributed by atoms with Crippen molar-refractivity contribution in [1.29, 1.82) is 0 Å². The second-order valence-electron chi connectivity index (χ2n) is 5.85. The Bertz CT molecular complexity index is 668. The molecular weight excluding hydrogens is 304 g/mol. The van der Waals surface area contributed by atoms with Crippen LogP contribution in [0.4, 0.5) is 5.69 Å². The SMILES string of the molecule is [C-]#[N+]c1ccc2c(c1)[C@H](N(C)[S+](=O)([O-])CC)[C@@H](O)C(C)(C)O2. The Morgan fingerprint density at radius 1 is 1.55 bits per heavy atom. The molecule has 0 saturated carbocycles. The molecule has 0 aromatic heterocycles. The van der Waals surface area contributed by atoms with Gasteiger partial charge in [0.05, 0.1) is 6.57 Å². The minimum absolute atomic E-state index is 0.0636. The van der Waals surface area contributed by atoms with Gasteiger partial charge >= 0.3 is 0 Å². The van der Waals surface area contributed by atoms with Gasteiger partial charge in [0.25, 0.3) is 0 Å². The van der Waals surface area contributed by atoms with Crippen molar-refractivity contribution >= 4 is 16.1 Å². The Morgan fingerprint density at radius 2 is 2.18 bits per heavy atom. The molecule has 0 radical (unpaired) electrons. The third kappa shape index (κ3) is 2.75. The molecule has 22 heavy (non-hydrogen) atoms. The number of rotatable bonds is 3. The molecule has 0 bridgehead atoms. The Kier molecular flexibility index (Phi) is 4.33. The summed E-state index contributed by atoms with van der Waals surface area (Å²) in [6.45, 7) is 12.1. The highest BCUT2D eigenvalue weighted by atomic mass is 32.3. The highest BCUT2D eigenvalue weighted by Crippen LogP contribution is 2.45. The fraction of sp³-hybridized carbons (Fsp3) is 0.533. The lowest BCUT2D eigenvalue weighted by atomic mass is 9.86. The predicted octanol–water partition coefficient (Wildman–Crippen LogP) is 2.31. The highest BCUT2D eigenvalue weighted by Gasteiger charge is 2.48. The first-order chi connectivity index (χ1) is 10.1. The molecular formula is C15H20N2O4S. The summed E-state index contributed by atoms with van der Waals surface area (Å²) in [5, 5.41) is 10.6. The van der Waals surface area contributed by atoms with Gasteiger partial charge in [-0.15, -0.1) is 4.31 Å². The van der Waals surface area contributed by atoms with Gasteiger partial charge in [-0.05, 0) is 32.9 Å². The molecule has 0 saturated heterocycles. The van der Waals surface area contributed by atoms with Crippen LogP contribution in [0.15, 0.2) is 18.2 Å². The van der Waals surface area contributed by atoms with Crippen LogP contribution in [0.2, 0.25) is 0 Å². The monoisotopic (exact) mass is 324 g/mol. The van der Waals surface area contributed by atoms with Crippen molar-refractivity contribution in [2.24, 2.45) is 0 Å². The molecule has 1 aromatic rings. The molecule has 1 aliphatic rings. The van der Waals surface area contributed by atoms with E-state index in [1.165, 1.54) is 11.4 Å². The molecule has 1 aromatic carbocycles. The van der Waals surface area contributed by atoms with Crippen molar-refractivity contribution in [2.75, 3.05) is 12.8 Å². The molecule has 2 rings (SSSR count). The van der Waals surface area contributed by atoms with E-state index in [1.54, 1.807) is 39.0 Å². The topological polar surface area (TPSA) is 77.2 Å². The van der Waals surface area contributed by atoms with Crippen molar-refractivity contribution in [3.8, 4) is 5.75 Å². The number of ether oxygens (including phenoxy) is 1. The number of likely N-dealkylation sites (N-methyl/N-ethyl adjacent to an activating group) is 1. The maximum atomic E-state index is 12.2. The molecule has 1 unspecified atom stereocenters. The summed E-state index contributed by atoms with van der Waals surface area (Å²) in [7, 11) is -2.06. The van der Waals surface area contributed by atoms with Crippen molar-refractivity contribution in [2.45, 2.75) is 38.5 Å². The number of hydrogen-bond donors (Lipinski definition) is 1. The van der Waals surface area contributed by atoms with E-state index in [0.29, 0.717) is 17.0 Å². The molecule has 0 fully saturated rings. The maximum absolute atomic E-state index is 12.2. The van der Waals surface area contributed by atoms with Crippen LogP contribution in [0.5, 0.6) is 5.75 Å². The van der Waals surface area contributed by atoms with E-state index in [2.05, 4.69) is 4.85 Å². The number of sulfonamides is 1. The Labute approximate surface area is 131 Å². The minimum Gasteiger partial charge on any atom is -0.598 e. The van der Waals surface area contributed by atoms with Gasteiger partial charge in [0, 0.05) is 12.6 Å². The van der Waals surface area contributed by atoms with Gasteiger partial charge in [-0.3, -0.25) is 0 Å². The molecule has 1 heterocycles. The summed E-state index contributed by atoms with van der Waals surface area (Å²) >= 11 is 0. The second-order valence-corrected chi connectivity index (χ2v) is 8.16. The summed E-state index contributed by atoms with van der Waals surface area (Å²) in [4.78, 5) is 3.36. The summed E-state index contributed by atoms with van der Waals surface area (Å²) in [6.07, 6.45) is -1.05. The van der Waals surface area contributed by atoms with Gasteiger partial charge in [-0.2, -0.15) is 0 Å². The standard InChI is InChI=1S/C15H20N2O4S/c1-6-22(19,20)17(5)13-11-9-10(16-4)7-8-12(11)21-15(2,3)14(13)18/h7-9,13-14,18H,6H2,1-3,5H3/t13-,14+/m0/s1. The highest BCUT2D eigenvalue weighted by molar-refractivity contribution is 7.95. The lowest BCUT2D eigenvalue weighted by Crippen LogP contribution is -2.55. The molecule has 0 aliphatic carbocycles. The van der Waals surface area contributed by atoms with Crippen molar-refractivity contribution in [3.05, 3.63) is 35.2 Å². The zero-order valence-corrected chi connectivity index (χ0v) is 13.9. The first-order valence-electron chi connectivity index (χ1n) is 6.98. The van der Waals surface area contributed by atoms with E-state index >= 15 is 0 Å². The van der Waals surface area contributed by atoms with E-state index in [9.17, 15) is 13.9 Å². The molecule has 7 heteroatoms. The zero-order valence-electron chi connectivity index (χ0n) is 13.1. The molecule has 0 amide bonds. The normalized spacial score (nSPS) is 25.7. The van der Waals surface area contributed by atoms with E-state index in [1.807, 2.05) is 0 Å². The molecule has 3 atom stereocenters. The van der Waals surface area contributed by atoms with Crippen LogP contribution in [0.25, 0.3) is 4.85 Å². The first-order valence-corrected chi connectivity index (χ1v) is 8.59. The van der Waals surface area contributed by atoms with Crippen LogP contribution in [-0.2, 0) is 14.6 Å². The summed E-state index contributed by atoms with van der Waals surface area (Å²) in [6, 6.07) is 4.05. The zero-order chi connectivity index (χ0) is 16.7. The number of fused-ring (bicyclic) bond motifs is 1. The van der Waals surface area contributed by atoms with E-state index < -0.39 is 28.1 Å². The third-order valence-electron chi connectivity index (χ3n) is 4.02. The molecule has 1 N–H and O–H groups in total. The van der Waals surface area contributed by atoms with Crippen molar-refractivity contribution in [1.82, 2.24) is 4.31 Å². The largest absolute Gasteiger partial charge is 0.598 e. The summed E-state index contributed by atoms with van der Waals surface area (Å²) < 4.78 is 31.4. The molecule has 6 nitrogen and oxygen atoms in total. The molecule has 0 spiro atoms. The van der Waals surface area contributed by atoms with Gasteiger partial charge in [-0.1, -0.05) is 10.3 Å². The maximum Gasteiger partial charge on any atom is 0.187 e. The molecule has 120 valence electrons. The van der Waals surface area contributed by atoms with Gasteiger partial charge in [0.2, 0.25) is 0 Å². The van der Waals surface area contributed by atoms with Crippen LogP contribution >= 0.6 is 0 Å². The van der Waals surface area contributed by atoms with Crippen molar-refractivity contribution < 1.29 is 18.6 Å². The lowest BCUT2D eigenvalue weighted by Gasteiger charge is -2.45. The van der Waals surface area contributed by atoms with Gasteiger partial charge in [0.1, 0.15) is 39.6 Å². The quantitative estimate of drug-likeness (QED) is 0.684. The number of nitrogens with zero attached hydrogens (tertiary/aromatic N) is 2. The van der Waals surface area contributed by atoms with Crippen LogP contribution in [-0.4, -0.2) is 38.5 Å². The Morgan fingerprint density at radius 3 is 2.73 bits per heavy atom. The summed E-state index contributed by atoms with van der Waals surface area (Å²) in [5.41, 5.74) is -0.0455. The Hall–Kier alpha value is -1.46. The molecule has 1 aliphatic heterocycles. The van der Waals surface area contributed by atoms with E-state index in [4.69, 9.17) is 11.3 Å². The average Bonchev–Trinajstić information content (AvgIpc) is 2.47.